The second kappa shape index (κ2) is 5.25. The van der Waals surface area contributed by atoms with Crippen LogP contribution in [0.5, 0.6) is 0 Å². The zero-order chi connectivity index (χ0) is 14.7. The highest BCUT2D eigenvalue weighted by atomic mass is 16.1. The predicted octanol–water partition coefficient (Wildman–Crippen LogP) is 2.06. The maximum Gasteiger partial charge on any atom is 0.245 e. The van der Waals surface area contributed by atoms with Crippen LogP contribution in [0.2, 0.25) is 0 Å². The Morgan fingerprint density at radius 3 is 2.86 bits per heavy atom. The number of rotatable bonds is 4. The Morgan fingerprint density at radius 2 is 2.19 bits per heavy atom. The average molecular weight is 278 g/mol. The molecule has 1 fully saturated rings. The molecule has 5 nitrogen and oxygen atoms in total. The number of nitrogens with one attached hydrogen (secondary N) is 1. The Bertz CT molecular complexity index is 721. The van der Waals surface area contributed by atoms with Gasteiger partial charge >= 0.3 is 0 Å². The quantitative estimate of drug-likeness (QED) is 0.870. The van der Waals surface area contributed by atoms with E-state index in [1.165, 1.54) is 6.08 Å². The van der Waals surface area contributed by atoms with Crippen molar-refractivity contribution >= 4 is 12.0 Å². The molecule has 1 saturated carbocycles. The van der Waals surface area contributed by atoms with E-state index in [4.69, 9.17) is 5.26 Å². The molecule has 0 spiro atoms. The molecule has 21 heavy (non-hydrogen) atoms. The lowest BCUT2D eigenvalue weighted by Gasteiger charge is -2.07. The first-order chi connectivity index (χ1) is 10.2. The summed E-state index contributed by atoms with van der Waals surface area (Å²) in [4.78, 5) is 11.9. The van der Waals surface area contributed by atoms with Gasteiger partial charge < -0.3 is 5.32 Å². The Labute approximate surface area is 122 Å². The largest absolute Gasteiger partial charge is 0.334 e. The molecule has 0 radical (unpaired) electrons. The molecule has 1 heterocycles. The van der Waals surface area contributed by atoms with E-state index in [1.807, 2.05) is 36.5 Å². The number of nitrogens with zero attached hydrogens (tertiary/aromatic N) is 3. The van der Waals surface area contributed by atoms with Gasteiger partial charge in [-0.15, -0.1) is 0 Å². The molecule has 1 aromatic heterocycles. The SMILES string of the molecule is N#CC1(NC(=O)/C=C/c2ccccc2-n2cccn2)CC1. The summed E-state index contributed by atoms with van der Waals surface area (Å²) in [5.41, 5.74) is 1.15. The maximum atomic E-state index is 11.9. The van der Waals surface area contributed by atoms with Gasteiger partial charge in [0.15, 0.2) is 0 Å². The Hall–Kier alpha value is -2.87. The number of carbonyl (C=O) groups is 1. The van der Waals surface area contributed by atoms with Gasteiger partial charge in [-0.1, -0.05) is 18.2 Å². The molecule has 3 rings (SSSR count). The van der Waals surface area contributed by atoms with E-state index in [9.17, 15) is 4.79 Å². The van der Waals surface area contributed by atoms with Crippen LogP contribution in [0.3, 0.4) is 0 Å². The molecule has 1 aromatic carbocycles. The van der Waals surface area contributed by atoms with Crippen molar-refractivity contribution in [2.75, 3.05) is 0 Å². The number of hydrogen-bond donors (Lipinski definition) is 1. The van der Waals surface area contributed by atoms with E-state index in [0.717, 1.165) is 24.1 Å². The van der Waals surface area contributed by atoms with E-state index in [0.29, 0.717) is 0 Å². The van der Waals surface area contributed by atoms with Crippen LogP contribution in [0.4, 0.5) is 0 Å². The van der Waals surface area contributed by atoms with Gasteiger partial charge in [0.05, 0.1) is 11.8 Å². The summed E-state index contributed by atoms with van der Waals surface area (Å²) in [7, 11) is 0. The molecule has 1 amide bonds. The van der Waals surface area contributed by atoms with Gasteiger partial charge in [-0.2, -0.15) is 10.4 Å². The summed E-state index contributed by atoms with van der Waals surface area (Å²) in [6.07, 6.45) is 8.21. The standard InChI is InChI=1S/C16H14N4O/c17-12-16(8-9-16)19-15(21)7-6-13-4-1-2-5-14(13)20-11-3-10-18-20/h1-7,10-11H,8-9H2,(H,19,21)/b7-6+. The summed E-state index contributed by atoms with van der Waals surface area (Å²) < 4.78 is 1.75. The third-order valence-corrected chi connectivity index (χ3v) is 3.43. The summed E-state index contributed by atoms with van der Waals surface area (Å²) >= 11 is 0. The van der Waals surface area contributed by atoms with Crippen LogP contribution < -0.4 is 5.32 Å². The molecule has 0 aliphatic heterocycles. The van der Waals surface area contributed by atoms with Gasteiger partial charge in [-0.05, 0) is 31.1 Å². The molecule has 1 N–H and O–H groups in total. The van der Waals surface area contributed by atoms with Crippen molar-refractivity contribution in [1.29, 1.82) is 5.26 Å². The van der Waals surface area contributed by atoms with Crippen LogP contribution in [0.1, 0.15) is 18.4 Å². The van der Waals surface area contributed by atoms with Gasteiger partial charge in [-0.3, -0.25) is 4.79 Å². The summed E-state index contributed by atoms with van der Waals surface area (Å²) in [5.74, 6) is -0.246. The lowest BCUT2D eigenvalue weighted by Crippen LogP contribution is -2.34. The molecule has 1 aliphatic carbocycles. The molecule has 0 unspecified atom stereocenters. The highest BCUT2D eigenvalue weighted by Gasteiger charge is 2.44. The van der Waals surface area contributed by atoms with E-state index < -0.39 is 5.54 Å². The molecule has 2 aromatic rings. The zero-order valence-corrected chi connectivity index (χ0v) is 11.4. The fraction of sp³-hybridized carbons (Fsp3) is 0.188. The highest BCUT2D eigenvalue weighted by Crippen LogP contribution is 2.34. The molecule has 104 valence electrons. The van der Waals surface area contributed by atoms with Crippen molar-refractivity contribution < 1.29 is 4.79 Å². The van der Waals surface area contributed by atoms with Crippen LogP contribution in [0.25, 0.3) is 11.8 Å². The summed E-state index contributed by atoms with van der Waals surface area (Å²) in [5, 5.41) is 15.9. The Morgan fingerprint density at radius 1 is 1.38 bits per heavy atom. The number of nitriles is 1. The average Bonchev–Trinajstić information content (AvgIpc) is 3.07. The first-order valence-corrected chi connectivity index (χ1v) is 6.73. The second-order valence-electron chi connectivity index (χ2n) is 5.03. The minimum atomic E-state index is -0.636. The van der Waals surface area contributed by atoms with Crippen LogP contribution >= 0.6 is 0 Å². The van der Waals surface area contributed by atoms with E-state index in [-0.39, 0.29) is 5.91 Å². The summed E-state index contributed by atoms with van der Waals surface area (Å²) in [6, 6.07) is 11.7. The minimum absolute atomic E-state index is 0.246. The molecular weight excluding hydrogens is 264 g/mol. The van der Waals surface area contributed by atoms with Gasteiger partial charge in [0.25, 0.3) is 0 Å². The second-order valence-corrected chi connectivity index (χ2v) is 5.03. The van der Waals surface area contributed by atoms with Crippen LogP contribution in [-0.4, -0.2) is 21.2 Å². The molecule has 5 heteroatoms. The van der Waals surface area contributed by atoms with Crippen molar-refractivity contribution in [3.05, 3.63) is 54.4 Å². The number of carbonyl (C=O) groups excluding carboxylic acids is 1. The maximum absolute atomic E-state index is 11.9. The normalized spacial score (nSPS) is 15.6. The molecule has 0 bridgehead atoms. The summed E-state index contributed by atoms with van der Waals surface area (Å²) in [6.45, 7) is 0. The molecule has 0 saturated heterocycles. The van der Waals surface area contributed by atoms with Crippen molar-refractivity contribution in [3.8, 4) is 11.8 Å². The molecule has 1 aliphatic rings. The third-order valence-electron chi connectivity index (χ3n) is 3.43. The van der Waals surface area contributed by atoms with Crippen molar-refractivity contribution in [3.63, 3.8) is 0 Å². The molecular formula is C16H14N4O. The van der Waals surface area contributed by atoms with Gasteiger partial charge in [-0.25, -0.2) is 4.68 Å². The lowest BCUT2D eigenvalue weighted by atomic mass is 10.1. The Kier molecular flexibility index (Phi) is 3.28. The van der Waals surface area contributed by atoms with E-state index in [2.05, 4.69) is 16.5 Å². The number of para-hydroxylation sites is 1. The first kappa shape index (κ1) is 13.1. The van der Waals surface area contributed by atoms with Gasteiger partial charge in [0.1, 0.15) is 5.54 Å². The zero-order valence-electron chi connectivity index (χ0n) is 11.4. The highest BCUT2D eigenvalue weighted by molar-refractivity contribution is 5.93. The van der Waals surface area contributed by atoms with Crippen LogP contribution in [0, 0.1) is 11.3 Å². The monoisotopic (exact) mass is 278 g/mol. The first-order valence-electron chi connectivity index (χ1n) is 6.73. The van der Waals surface area contributed by atoms with Crippen molar-refractivity contribution in [1.82, 2.24) is 15.1 Å². The van der Waals surface area contributed by atoms with E-state index in [1.54, 1.807) is 17.0 Å². The lowest BCUT2D eigenvalue weighted by molar-refractivity contribution is -0.117. The van der Waals surface area contributed by atoms with E-state index >= 15 is 0 Å². The number of hydrogen-bond acceptors (Lipinski definition) is 3. The van der Waals surface area contributed by atoms with Gasteiger partial charge in [0, 0.05) is 24.0 Å². The van der Waals surface area contributed by atoms with Crippen molar-refractivity contribution in [2.45, 2.75) is 18.4 Å². The smallest absolute Gasteiger partial charge is 0.245 e. The van der Waals surface area contributed by atoms with Gasteiger partial charge in [0.2, 0.25) is 5.91 Å². The number of benzene rings is 1. The van der Waals surface area contributed by atoms with Crippen LogP contribution in [-0.2, 0) is 4.79 Å². The minimum Gasteiger partial charge on any atom is -0.334 e. The number of aromatic nitrogens is 2. The fourth-order valence-corrected chi connectivity index (χ4v) is 2.08. The van der Waals surface area contributed by atoms with Crippen LogP contribution in [0.15, 0.2) is 48.8 Å². The topological polar surface area (TPSA) is 70.7 Å². The fourth-order valence-electron chi connectivity index (χ4n) is 2.08. The number of amides is 1. The Balaban J connectivity index is 1.78. The molecule has 0 atom stereocenters. The third kappa shape index (κ3) is 2.84. The van der Waals surface area contributed by atoms with Crippen molar-refractivity contribution in [2.24, 2.45) is 0 Å². The predicted molar refractivity (Wildman–Crippen MR) is 78.3 cm³/mol.